The van der Waals surface area contributed by atoms with E-state index in [1.54, 1.807) is 0 Å². The van der Waals surface area contributed by atoms with Crippen LogP contribution in [0.5, 0.6) is 5.75 Å². The molecule has 1 unspecified atom stereocenters. The SMILES string of the molecule is CC1(C)C2=CC=CC(P(c3ccccc3)c3ccccc3)(P(c3ccccc3)c3ccccc3)C2Oc2ccccc21. The lowest BCUT2D eigenvalue weighted by Crippen LogP contribution is -2.55. The summed E-state index contributed by atoms with van der Waals surface area (Å²) >= 11 is 0. The second-order valence-corrected chi connectivity index (χ2v) is 16.6. The summed E-state index contributed by atoms with van der Waals surface area (Å²) in [6.07, 6.45) is 7.06. The fourth-order valence-corrected chi connectivity index (χ4v) is 14.3. The second kappa shape index (κ2) is 11.1. The van der Waals surface area contributed by atoms with Gasteiger partial charge in [-0.25, -0.2) is 0 Å². The Kier molecular flexibility index (Phi) is 7.19. The maximum absolute atomic E-state index is 7.35. The first-order chi connectivity index (χ1) is 20.6. The van der Waals surface area contributed by atoms with Gasteiger partial charge in [-0.3, -0.25) is 0 Å². The molecule has 0 saturated carbocycles. The third-order valence-corrected chi connectivity index (χ3v) is 15.2. The number of allylic oxidation sites excluding steroid dienone is 2. The topological polar surface area (TPSA) is 9.23 Å². The molecule has 7 rings (SSSR count). The molecular weight excluding hydrogens is 546 g/mol. The largest absolute Gasteiger partial charge is 0.484 e. The van der Waals surface area contributed by atoms with Crippen LogP contribution in [0.2, 0.25) is 0 Å². The van der Waals surface area contributed by atoms with Gasteiger partial charge in [0.25, 0.3) is 0 Å². The van der Waals surface area contributed by atoms with E-state index in [-0.39, 0.29) is 16.4 Å². The summed E-state index contributed by atoms with van der Waals surface area (Å²) in [7, 11) is -1.88. The third kappa shape index (κ3) is 4.48. The molecule has 1 aliphatic carbocycles. The van der Waals surface area contributed by atoms with Crippen molar-refractivity contribution in [3.63, 3.8) is 0 Å². The smallest absolute Gasteiger partial charge is 0.139 e. The molecule has 2 aliphatic rings. The minimum absolute atomic E-state index is 0.148. The summed E-state index contributed by atoms with van der Waals surface area (Å²) in [5, 5.41) is 5.46. The van der Waals surface area contributed by atoms with Crippen LogP contribution < -0.4 is 26.0 Å². The van der Waals surface area contributed by atoms with Gasteiger partial charge in [0.2, 0.25) is 0 Å². The van der Waals surface area contributed by atoms with Crippen LogP contribution in [0.15, 0.2) is 169 Å². The summed E-state index contributed by atoms with van der Waals surface area (Å²) in [5.41, 5.74) is 2.42. The van der Waals surface area contributed by atoms with Crippen LogP contribution in [-0.2, 0) is 5.41 Å². The number of para-hydroxylation sites is 1. The molecule has 1 atom stereocenters. The normalized spacial score (nSPS) is 18.1. The Morgan fingerprint density at radius 3 is 1.38 bits per heavy atom. The quantitative estimate of drug-likeness (QED) is 0.184. The van der Waals surface area contributed by atoms with Gasteiger partial charge in [-0.1, -0.05) is 172 Å². The van der Waals surface area contributed by atoms with Crippen molar-refractivity contribution in [1.82, 2.24) is 0 Å². The van der Waals surface area contributed by atoms with Crippen molar-refractivity contribution < 1.29 is 4.74 Å². The Balaban J connectivity index is 1.59. The number of hydrogen-bond donors (Lipinski definition) is 0. The Bertz CT molecular complexity index is 1570. The molecule has 0 saturated heterocycles. The van der Waals surface area contributed by atoms with E-state index in [1.165, 1.54) is 32.4 Å². The van der Waals surface area contributed by atoms with Gasteiger partial charge in [-0.2, -0.15) is 0 Å². The lowest BCUT2D eigenvalue weighted by molar-refractivity contribution is 0.190. The van der Waals surface area contributed by atoms with Crippen LogP contribution in [0.25, 0.3) is 0 Å². The van der Waals surface area contributed by atoms with Gasteiger partial charge in [0.1, 0.15) is 11.9 Å². The van der Waals surface area contributed by atoms with Crippen LogP contribution >= 0.6 is 15.8 Å². The van der Waals surface area contributed by atoms with Crippen LogP contribution in [0, 0.1) is 0 Å². The highest BCUT2D eigenvalue weighted by Crippen LogP contribution is 2.71. The third-order valence-electron chi connectivity index (χ3n) is 8.59. The highest BCUT2D eigenvalue weighted by molar-refractivity contribution is 7.91. The zero-order chi connectivity index (χ0) is 28.6. The Labute approximate surface area is 252 Å². The Hall–Kier alpha value is -3.76. The minimum atomic E-state index is -0.938. The molecule has 0 amide bonds. The van der Waals surface area contributed by atoms with Gasteiger partial charge in [-0.05, 0) is 48.7 Å². The number of rotatable bonds is 6. The number of ether oxygens (including phenoxy) is 1. The van der Waals surface area contributed by atoms with Crippen LogP contribution in [0.1, 0.15) is 19.4 Å². The Morgan fingerprint density at radius 1 is 0.524 bits per heavy atom. The predicted octanol–water partition coefficient (Wildman–Crippen LogP) is 8.18. The average molecular weight is 581 g/mol. The molecule has 206 valence electrons. The van der Waals surface area contributed by atoms with E-state index in [2.05, 4.69) is 178 Å². The van der Waals surface area contributed by atoms with Crippen LogP contribution in [-0.4, -0.2) is 11.0 Å². The molecule has 3 heteroatoms. The van der Waals surface area contributed by atoms with Crippen molar-refractivity contribution >= 4 is 37.1 Å². The first-order valence-corrected chi connectivity index (χ1v) is 17.3. The first-order valence-electron chi connectivity index (χ1n) is 14.6. The van der Waals surface area contributed by atoms with Crippen LogP contribution in [0.3, 0.4) is 0 Å². The van der Waals surface area contributed by atoms with Crippen molar-refractivity contribution in [1.29, 1.82) is 0 Å². The molecule has 1 aliphatic heterocycles. The van der Waals surface area contributed by atoms with E-state index in [9.17, 15) is 0 Å². The molecule has 0 N–H and O–H groups in total. The van der Waals surface area contributed by atoms with Crippen molar-refractivity contribution in [2.45, 2.75) is 30.3 Å². The number of fused-ring (bicyclic) bond motifs is 2. The molecule has 0 bridgehead atoms. The highest BCUT2D eigenvalue weighted by atomic mass is 31.2. The second-order valence-electron chi connectivity index (χ2n) is 11.4. The van der Waals surface area contributed by atoms with Gasteiger partial charge in [-0.15, -0.1) is 0 Å². The van der Waals surface area contributed by atoms with Gasteiger partial charge in [0.05, 0.1) is 4.90 Å². The predicted molar refractivity (Wildman–Crippen MR) is 182 cm³/mol. The van der Waals surface area contributed by atoms with Gasteiger partial charge in [0, 0.05) is 11.0 Å². The molecule has 1 heterocycles. The average Bonchev–Trinajstić information content (AvgIpc) is 3.04. The molecule has 0 spiro atoms. The van der Waals surface area contributed by atoms with Crippen molar-refractivity contribution in [3.8, 4) is 5.75 Å². The summed E-state index contributed by atoms with van der Waals surface area (Å²) in [6, 6.07) is 53.4. The van der Waals surface area contributed by atoms with E-state index in [4.69, 9.17) is 4.74 Å². The summed E-state index contributed by atoms with van der Waals surface area (Å²) in [4.78, 5) is -0.370. The van der Waals surface area contributed by atoms with Gasteiger partial charge in [0.15, 0.2) is 0 Å². The zero-order valence-corrected chi connectivity index (χ0v) is 25.8. The molecule has 5 aromatic rings. The minimum Gasteiger partial charge on any atom is -0.484 e. The van der Waals surface area contributed by atoms with Gasteiger partial charge >= 0.3 is 0 Å². The molecule has 0 fully saturated rings. The molecule has 42 heavy (non-hydrogen) atoms. The molecule has 5 aromatic carbocycles. The standard InChI is InChI=1S/C39H34OP2/c1-38(2)34-26-15-16-28-36(34)40-37-35(38)27-17-29-39(37,41(30-18-7-3-8-19-30)31-20-9-4-10-21-31)42(32-22-11-5-12-23-32)33-24-13-6-14-25-33/h3-29,37H,1-2H3. The van der Waals surface area contributed by atoms with E-state index >= 15 is 0 Å². The van der Waals surface area contributed by atoms with Gasteiger partial charge < -0.3 is 4.74 Å². The van der Waals surface area contributed by atoms with E-state index in [0.717, 1.165) is 5.75 Å². The van der Waals surface area contributed by atoms with Crippen LogP contribution in [0.4, 0.5) is 0 Å². The van der Waals surface area contributed by atoms with Crippen molar-refractivity contribution in [3.05, 3.63) is 175 Å². The first kappa shape index (κ1) is 27.1. The maximum Gasteiger partial charge on any atom is 0.139 e. The zero-order valence-electron chi connectivity index (χ0n) is 24.0. The van der Waals surface area contributed by atoms with Crippen molar-refractivity contribution in [2.75, 3.05) is 0 Å². The lowest BCUT2D eigenvalue weighted by atomic mass is 9.71. The van der Waals surface area contributed by atoms with E-state index in [0.29, 0.717) is 0 Å². The Morgan fingerprint density at radius 2 is 0.929 bits per heavy atom. The van der Waals surface area contributed by atoms with Crippen molar-refractivity contribution in [2.24, 2.45) is 0 Å². The summed E-state index contributed by atoms with van der Waals surface area (Å²) in [5.74, 6) is 0.997. The summed E-state index contributed by atoms with van der Waals surface area (Å²) < 4.78 is 7.35. The fourth-order valence-electron chi connectivity index (χ4n) is 6.67. The molecular formula is C39H34OP2. The van der Waals surface area contributed by atoms with E-state index < -0.39 is 15.8 Å². The molecule has 0 aromatic heterocycles. The number of hydrogen-bond acceptors (Lipinski definition) is 1. The molecule has 1 nitrogen and oxygen atoms in total. The monoisotopic (exact) mass is 580 g/mol. The van der Waals surface area contributed by atoms with E-state index in [1.807, 2.05) is 0 Å². The summed E-state index contributed by atoms with van der Waals surface area (Å²) in [6.45, 7) is 4.75. The highest BCUT2D eigenvalue weighted by Gasteiger charge is 2.58. The molecule has 0 radical (unpaired) electrons. The lowest BCUT2D eigenvalue weighted by Gasteiger charge is -2.55. The maximum atomic E-state index is 7.35. The fraction of sp³-hybridized carbons (Fsp3) is 0.128. The number of benzene rings is 5.